The summed E-state index contributed by atoms with van der Waals surface area (Å²) >= 11 is 0. The first-order valence-electron chi connectivity index (χ1n) is 10.5. The number of ether oxygens (including phenoxy) is 3. The van der Waals surface area contributed by atoms with Crippen molar-refractivity contribution in [3.63, 3.8) is 0 Å². The van der Waals surface area contributed by atoms with Gasteiger partial charge in [0.05, 0.1) is 0 Å². The second-order valence-corrected chi connectivity index (χ2v) is 7.61. The Morgan fingerprint density at radius 2 is 2.00 bits per heavy atom. The summed E-state index contributed by atoms with van der Waals surface area (Å²) in [6.45, 7) is 6.16. The van der Waals surface area contributed by atoms with E-state index in [2.05, 4.69) is 49.4 Å². The van der Waals surface area contributed by atoms with Crippen molar-refractivity contribution in [2.24, 2.45) is 4.99 Å². The highest BCUT2D eigenvalue weighted by Gasteiger charge is 2.35. The maximum Gasteiger partial charge on any atom is 0.231 e. The minimum atomic E-state index is -0.0412. The number of aliphatic imine (C=N–C) groups is 1. The third kappa shape index (κ3) is 5.40. The van der Waals surface area contributed by atoms with E-state index in [0.717, 1.165) is 75.4 Å². The highest BCUT2D eigenvalue weighted by atomic mass is 127. The number of nitrogens with one attached hydrogen (secondary N) is 2. The number of rotatable bonds is 7. The molecular weight excluding hydrogens is 511 g/mol. The molecule has 0 bridgehead atoms. The van der Waals surface area contributed by atoms with Gasteiger partial charge in [-0.3, -0.25) is 4.99 Å². The van der Waals surface area contributed by atoms with Gasteiger partial charge in [0.1, 0.15) is 12.2 Å². The van der Waals surface area contributed by atoms with E-state index in [9.17, 15) is 0 Å². The molecule has 0 spiro atoms. The Kier molecular flexibility index (Phi) is 8.35. The molecule has 170 valence electrons. The van der Waals surface area contributed by atoms with Crippen LogP contribution in [0.1, 0.15) is 31.2 Å². The van der Waals surface area contributed by atoms with Crippen LogP contribution in [0.25, 0.3) is 0 Å². The van der Waals surface area contributed by atoms with E-state index in [4.69, 9.17) is 14.2 Å². The van der Waals surface area contributed by atoms with Crippen LogP contribution in [0, 0.1) is 0 Å². The Balaban J connectivity index is 0.00000272. The molecule has 0 radical (unpaired) electrons. The molecule has 9 nitrogen and oxygen atoms in total. The second-order valence-electron chi connectivity index (χ2n) is 7.61. The van der Waals surface area contributed by atoms with Gasteiger partial charge in [-0.15, -0.1) is 34.2 Å². The molecule has 1 saturated heterocycles. The summed E-state index contributed by atoms with van der Waals surface area (Å²) in [5.74, 6) is 3.41. The number of nitrogens with zero attached hydrogens (tertiary/aromatic N) is 4. The van der Waals surface area contributed by atoms with Gasteiger partial charge >= 0.3 is 0 Å². The molecule has 2 aliphatic heterocycles. The zero-order valence-corrected chi connectivity index (χ0v) is 20.4. The molecule has 2 N–H and O–H groups in total. The van der Waals surface area contributed by atoms with Gasteiger partial charge < -0.3 is 29.4 Å². The fourth-order valence-corrected chi connectivity index (χ4v) is 4.06. The minimum absolute atomic E-state index is 0. The van der Waals surface area contributed by atoms with Crippen LogP contribution in [-0.4, -0.2) is 60.9 Å². The normalized spacial score (nSPS) is 17.2. The largest absolute Gasteiger partial charge is 0.454 e. The number of aryl methyl sites for hydroxylation is 1. The molecule has 0 aliphatic carbocycles. The zero-order chi connectivity index (χ0) is 20.8. The first-order valence-corrected chi connectivity index (χ1v) is 10.5. The topological polar surface area (TPSA) is 94.8 Å². The maximum atomic E-state index is 5.66. The van der Waals surface area contributed by atoms with Crippen molar-refractivity contribution in [1.29, 1.82) is 0 Å². The van der Waals surface area contributed by atoms with Gasteiger partial charge in [0.15, 0.2) is 17.5 Å². The molecule has 4 rings (SSSR count). The molecule has 3 heterocycles. The van der Waals surface area contributed by atoms with Crippen molar-refractivity contribution >= 4 is 29.9 Å². The molecule has 2 aliphatic rings. The lowest BCUT2D eigenvalue weighted by Crippen LogP contribution is -2.48. The van der Waals surface area contributed by atoms with Gasteiger partial charge in [-0.1, -0.05) is 13.0 Å². The average Bonchev–Trinajstić information content (AvgIpc) is 3.45. The summed E-state index contributed by atoms with van der Waals surface area (Å²) in [6.07, 6.45) is 4.52. The van der Waals surface area contributed by atoms with Gasteiger partial charge in [0, 0.05) is 51.7 Å². The van der Waals surface area contributed by atoms with Crippen molar-refractivity contribution in [3.05, 3.63) is 35.9 Å². The fourth-order valence-electron chi connectivity index (χ4n) is 4.06. The Morgan fingerprint density at radius 1 is 1.19 bits per heavy atom. The van der Waals surface area contributed by atoms with Gasteiger partial charge in [0.2, 0.25) is 6.79 Å². The third-order valence-electron chi connectivity index (χ3n) is 5.91. The first-order chi connectivity index (χ1) is 14.7. The number of hydrogen-bond donors (Lipinski definition) is 2. The Morgan fingerprint density at radius 3 is 2.77 bits per heavy atom. The lowest BCUT2D eigenvalue weighted by atomic mass is 9.74. The van der Waals surface area contributed by atoms with E-state index >= 15 is 0 Å². The summed E-state index contributed by atoms with van der Waals surface area (Å²) in [5, 5.41) is 15.0. The number of fused-ring (bicyclic) bond motifs is 1. The number of halogens is 1. The van der Waals surface area contributed by atoms with E-state index in [-0.39, 0.29) is 36.2 Å². The monoisotopic (exact) mass is 542 g/mol. The molecule has 31 heavy (non-hydrogen) atoms. The molecule has 0 unspecified atom stereocenters. The predicted octanol–water partition coefficient (Wildman–Crippen LogP) is 2.10. The van der Waals surface area contributed by atoms with Gasteiger partial charge in [-0.05, 0) is 30.5 Å². The third-order valence-corrected chi connectivity index (χ3v) is 5.91. The van der Waals surface area contributed by atoms with Gasteiger partial charge in [-0.25, -0.2) is 0 Å². The van der Waals surface area contributed by atoms with E-state index in [1.807, 2.05) is 6.07 Å². The Bertz CT molecular complexity index is 882. The Hall–Kier alpha value is -2.08. The summed E-state index contributed by atoms with van der Waals surface area (Å²) in [6, 6.07) is 6.27. The summed E-state index contributed by atoms with van der Waals surface area (Å²) in [4.78, 5) is 4.39. The maximum absolute atomic E-state index is 5.66. The zero-order valence-electron chi connectivity index (χ0n) is 18.1. The Labute approximate surface area is 200 Å². The summed E-state index contributed by atoms with van der Waals surface area (Å²) in [5.41, 5.74) is 1.20. The fraction of sp³-hybridized carbons (Fsp3) is 0.571. The molecule has 0 amide bonds. The number of hydrogen-bond acceptors (Lipinski definition) is 6. The molecule has 0 saturated carbocycles. The van der Waals surface area contributed by atoms with Crippen LogP contribution < -0.4 is 20.1 Å². The van der Waals surface area contributed by atoms with Crippen LogP contribution in [0.4, 0.5) is 0 Å². The van der Waals surface area contributed by atoms with E-state index < -0.39 is 0 Å². The predicted molar refractivity (Wildman–Crippen MR) is 128 cm³/mol. The lowest BCUT2D eigenvalue weighted by molar-refractivity contribution is 0.0513. The lowest BCUT2D eigenvalue weighted by Gasteiger charge is -2.38. The van der Waals surface area contributed by atoms with Crippen molar-refractivity contribution in [2.75, 3.05) is 40.1 Å². The minimum Gasteiger partial charge on any atom is -0.454 e. The molecule has 10 heteroatoms. The van der Waals surface area contributed by atoms with Crippen LogP contribution in [-0.2, 0) is 23.1 Å². The molecule has 1 fully saturated rings. The van der Waals surface area contributed by atoms with Gasteiger partial charge in [-0.2, -0.15) is 0 Å². The van der Waals surface area contributed by atoms with E-state index in [1.54, 1.807) is 13.4 Å². The molecule has 0 atom stereocenters. The van der Waals surface area contributed by atoms with Crippen molar-refractivity contribution < 1.29 is 14.2 Å². The smallest absolute Gasteiger partial charge is 0.231 e. The number of benzene rings is 1. The molecule has 1 aromatic heterocycles. The van der Waals surface area contributed by atoms with Crippen molar-refractivity contribution in [3.8, 4) is 11.5 Å². The average molecular weight is 542 g/mol. The van der Waals surface area contributed by atoms with Crippen LogP contribution in [0.3, 0.4) is 0 Å². The highest BCUT2D eigenvalue weighted by Crippen LogP contribution is 2.40. The summed E-state index contributed by atoms with van der Waals surface area (Å²) in [7, 11) is 1.79. The second kappa shape index (κ2) is 11.0. The number of aromatic nitrogens is 3. The first kappa shape index (κ1) is 23.6. The summed E-state index contributed by atoms with van der Waals surface area (Å²) < 4.78 is 18.8. The van der Waals surface area contributed by atoms with Crippen LogP contribution in [0.2, 0.25) is 0 Å². The van der Waals surface area contributed by atoms with E-state index in [1.165, 1.54) is 5.56 Å². The van der Waals surface area contributed by atoms with Gasteiger partial charge in [0.25, 0.3) is 0 Å². The molecule has 2 aromatic rings. The van der Waals surface area contributed by atoms with Crippen LogP contribution in [0.5, 0.6) is 11.5 Å². The van der Waals surface area contributed by atoms with Crippen LogP contribution >= 0.6 is 24.0 Å². The van der Waals surface area contributed by atoms with Crippen LogP contribution in [0.15, 0.2) is 29.5 Å². The molecular formula is C21H31IN6O3. The quantitative estimate of drug-likeness (QED) is 0.315. The van der Waals surface area contributed by atoms with E-state index in [0.29, 0.717) is 0 Å². The number of guanidine groups is 1. The van der Waals surface area contributed by atoms with Crippen molar-refractivity contribution in [2.45, 2.75) is 38.1 Å². The SMILES string of the molecule is CCc1nncn1CCNC(=NC)NCC1(c2ccc3c(c2)OCO3)CCOCC1.I. The standard InChI is InChI=1S/C21H30N6O3.HI/c1-3-19-26-25-14-27(19)9-8-23-20(22-2)24-13-21(6-10-28-11-7-21)16-4-5-17-18(12-16)30-15-29-17;/h4-5,12,14H,3,6-11,13,15H2,1-2H3,(H2,22,23,24);1H. The highest BCUT2D eigenvalue weighted by molar-refractivity contribution is 14.0. The molecule has 1 aromatic carbocycles. The van der Waals surface area contributed by atoms with Crippen molar-refractivity contribution in [1.82, 2.24) is 25.4 Å².